The first-order valence-electron chi connectivity index (χ1n) is 7.99. The molecule has 3 aromatic heterocycles. The maximum Gasteiger partial charge on any atom is 0.128 e. The van der Waals surface area contributed by atoms with Crippen LogP contribution in [0.4, 0.5) is 0 Å². The number of aromatic nitrogens is 3. The number of aryl methyl sites for hydroxylation is 4. The smallest absolute Gasteiger partial charge is 0.128 e. The molecule has 0 atom stereocenters. The van der Waals surface area contributed by atoms with E-state index in [2.05, 4.69) is 21.0 Å². The van der Waals surface area contributed by atoms with Crippen molar-refractivity contribution in [2.24, 2.45) is 0 Å². The minimum atomic E-state index is 0.640. The van der Waals surface area contributed by atoms with Crippen molar-refractivity contribution in [3.63, 3.8) is 0 Å². The Morgan fingerprint density at radius 3 is 2.83 bits per heavy atom. The van der Waals surface area contributed by atoms with E-state index in [0.29, 0.717) is 5.56 Å². The molecule has 4 rings (SSSR count). The second-order valence-corrected chi connectivity index (χ2v) is 8.11. The molecule has 0 aliphatic heterocycles. The molecule has 0 N–H and O–H groups in total. The second-order valence-electron chi connectivity index (χ2n) is 6.04. The molecule has 0 saturated carbocycles. The Morgan fingerprint density at radius 2 is 2.00 bits per heavy atom. The van der Waals surface area contributed by atoms with E-state index in [9.17, 15) is 5.26 Å². The lowest BCUT2D eigenvalue weighted by Gasteiger charge is -2.12. The van der Waals surface area contributed by atoms with Crippen LogP contribution in [0.2, 0.25) is 0 Å². The molecular formula is C18H16N4S2. The predicted octanol–water partition coefficient (Wildman–Crippen LogP) is 4.60. The van der Waals surface area contributed by atoms with Crippen molar-refractivity contribution in [2.45, 2.75) is 49.6 Å². The van der Waals surface area contributed by atoms with E-state index in [-0.39, 0.29) is 0 Å². The highest BCUT2D eigenvalue weighted by Gasteiger charge is 2.21. The fraction of sp³-hybridized carbons (Fsp3) is 0.333. The van der Waals surface area contributed by atoms with Crippen LogP contribution in [0.3, 0.4) is 0 Å². The molecule has 24 heavy (non-hydrogen) atoms. The Morgan fingerprint density at radius 1 is 1.17 bits per heavy atom. The maximum absolute atomic E-state index is 9.50. The lowest BCUT2D eigenvalue weighted by molar-refractivity contribution is 0.699. The zero-order valence-electron chi connectivity index (χ0n) is 13.6. The Kier molecular flexibility index (Phi) is 3.99. The highest BCUT2D eigenvalue weighted by Crippen LogP contribution is 2.41. The van der Waals surface area contributed by atoms with Gasteiger partial charge in [-0.25, -0.2) is 15.0 Å². The van der Waals surface area contributed by atoms with E-state index in [1.54, 1.807) is 17.7 Å². The molecule has 1 aliphatic rings. The largest absolute Gasteiger partial charge is 0.245 e. The van der Waals surface area contributed by atoms with Crippen molar-refractivity contribution in [1.29, 1.82) is 5.26 Å². The van der Waals surface area contributed by atoms with E-state index < -0.39 is 0 Å². The van der Waals surface area contributed by atoms with E-state index in [1.165, 1.54) is 40.4 Å². The van der Waals surface area contributed by atoms with Crippen LogP contribution < -0.4 is 0 Å². The van der Waals surface area contributed by atoms with Gasteiger partial charge in [0.15, 0.2) is 0 Å². The van der Waals surface area contributed by atoms with Gasteiger partial charge in [-0.3, -0.25) is 0 Å². The Bertz CT molecular complexity index is 985. The summed E-state index contributed by atoms with van der Waals surface area (Å²) in [5.74, 6) is 0. The van der Waals surface area contributed by atoms with Gasteiger partial charge in [-0.05, 0) is 68.5 Å². The monoisotopic (exact) mass is 352 g/mol. The SMILES string of the molecule is Cc1cc(C)c(C#N)c(Sc2ncnc3sc4c(c23)CCCC4)n1. The molecule has 1 aliphatic carbocycles. The van der Waals surface area contributed by atoms with Crippen LogP contribution in [-0.2, 0) is 12.8 Å². The van der Waals surface area contributed by atoms with Gasteiger partial charge in [0.25, 0.3) is 0 Å². The van der Waals surface area contributed by atoms with Crippen molar-refractivity contribution >= 4 is 33.3 Å². The van der Waals surface area contributed by atoms with Crippen molar-refractivity contribution < 1.29 is 0 Å². The summed E-state index contributed by atoms with van der Waals surface area (Å²) in [6.07, 6.45) is 6.35. The summed E-state index contributed by atoms with van der Waals surface area (Å²) in [5.41, 5.74) is 3.94. The Labute approximate surface area is 149 Å². The summed E-state index contributed by atoms with van der Waals surface area (Å²) in [4.78, 5) is 16.1. The third kappa shape index (κ3) is 2.58. The number of fused-ring (bicyclic) bond motifs is 3. The van der Waals surface area contributed by atoms with Gasteiger partial charge in [0.05, 0.1) is 5.56 Å². The van der Waals surface area contributed by atoms with Crippen molar-refractivity contribution in [3.05, 3.63) is 39.7 Å². The van der Waals surface area contributed by atoms with Gasteiger partial charge in [0.2, 0.25) is 0 Å². The first-order valence-corrected chi connectivity index (χ1v) is 9.62. The van der Waals surface area contributed by atoms with Crippen LogP contribution in [0.5, 0.6) is 0 Å². The van der Waals surface area contributed by atoms with E-state index in [4.69, 9.17) is 0 Å². The van der Waals surface area contributed by atoms with Crippen LogP contribution in [0.15, 0.2) is 22.4 Å². The van der Waals surface area contributed by atoms with Crippen LogP contribution in [0.25, 0.3) is 10.2 Å². The molecular weight excluding hydrogens is 336 g/mol. The van der Waals surface area contributed by atoms with Gasteiger partial charge >= 0.3 is 0 Å². The molecule has 6 heteroatoms. The molecule has 0 saturated heterocycles. The molecule has 3 heterocycles. The third-order valence-electron chi connectivity index (χ3n) is 4.33. The van der Waals surface area contributed by atoms with Crippen molar-refractivity contribution in [3.8, 4) is 6.07 Å². The maximum atomic E-state index is 9.50. The lowest BCUT2D eigenvalue weighted by Crippen LogP contribution is -1.99. The molecule has 3 aromatic rings. The fourth-order valence-corrected chi connectivity index (χ4v) is 5.64. The number of hydrogen-bond donors (Lipinski definition) is 0. The highest BCUT2D eigenvalue weighted by molar-refractivity contribution is 7.99. The quantitative estimate of drug-likeness (QED) is 0.631. The first-order chi connectivity index (χ1) is 11.7. The molecule has 0 bridgehead atoms. The fourth-order valence-electron chi connectivity index (χ4n) is 3.24. The van der Waals surface area contributed by atoms with Gasteiger partial charge in [-0.2, -0.15) is 5.26 Å². The summed E-state index contributed by atoms with van der Waals surface area (Å²) in [6, 6.07) is 4.24. The number of nitrogens with zero attached hydrogens (tertiary/aromatic N) is 4. The molecule has 0 aromatic carbocycles. The molecule has 0 spiro atoms. The van der Waals surface area contributed by atoms with E-state index in [1.807, 2.05) is 19.9 Å². The topological polar surface area (TPSA) is 62.5 Å². The summed E-state index contributed by atoms with van der Waals surface area (Å²) >= 11 is 3.29. The van der Waals surface area contributed by atoms with Gasteiger partial charge in [0.1, 0.15) is 27.3 Å². The number of hydrogen-bond acceptors (Lipinski definition) is 6. The van der Waals surface area contributed by atoms with Crippen LogP contribution in [-0.4, -0.2) is 15.0 Å². The number of thiophene rings is 1. The lowest BCUT2D eigenvalue weighted by atomic mass is 9.97. The van der Waals surface area contributed by atoms with Gasteiger partial charge in [-0.15, -0.1) is 11.3 Å². The normalized spacial score (nSPS) is 13.7. The predicted molar refractivity (Wildman–Crippen MR) is 96.6 cm³/mol. The molecule has 4 nitrogen and oxygen atoms in total. The summed E-state index contributed by atoms with van der Waals surface area (Å²) in [5, 5.41) is 12.3. The van der Waals surface area contributed by atoms with Crippen molar-refractivity contribution in [1.82, 2.24) is 15.0 Å². The minimum Gasteiger partial charge on any atom is -0.245 e. The zero-order chi connectivity index (χ0) is 16.7. The van der Waals surface area contributed by atoms with E-state index >= 15 is 0 Å². The highest BCUT2D eigenvalue weighted by atomic mass is 32.2. The summed E-state index contributed by atoms with van der Waals surface area (Å²) in [7, 11) is 0. The molecule has 0 radical (unpaired) electrons. The second kappa shape index (κ2) is 6.15. The number of rotatable bonds is 2. The van der Waals surface area contributed by atoms with Crippen LogP contribution in [0.1, 0.15) is 40.1 Å². The van der Waals surface area contributed by atoms with Gasteiger partial charge < -0.3 is 0 Å². The van der Waals surface area contributed by atoms with Crippen molar-refractivity contribution in [2.75, 3.05) is 0 Å². The molecule has 0 unspecified atom stereocenters. The van der Waals surface area contributed by atoms with Gasteiger partial charge in [-0.1, -0.05) is 0 Å². The Hall–Kier alpha value is -1.97. The first kappa shape index (κ1) is 15.6. The van der Waals surface area contributed by atoms with Crippen LogP contribution >= 0.6 is 23.1 Å². The summed E-state index contributed by atoms with van der Waals surface area (Å²) < 4.78 is 0. The van der Waals surface area contributed by atoms with Gasteiger partial charge in [0, 0.05) is 16.0 Å². The average Bonchev–Trinajstić information content (AvgIpc) is 2.94. The van der Waals surface area contributed by atoms with Crippen LogP contribution in [0, 0.1) is 25.2 Å². The molecule has 120 valence electrons. The average molecular weight is 352 g/mol. The number of pyridine rings is 1. The van der Waals surface area contributed by atoms with E-state index in [0.717, 1.165) is 39.0 Å². The number of nitriles is 1. The standard InChI is InChI=1S/C18H16N4S2/c1-10-7-11(2)22-16(13(10)8-19)24-18-15-12-5-3-4-6-14(12)23-17(15)20-9-21-18/h7,9H,3-6H2,1-2H3. The zero-order valence-corrected chi connectivity index (χ0v) is 15.2. The molecule has 0 amide bonds. The summed E-state index contributed by atoms with van der Waals surface area (Å²) in [6.45, 7) is 3.92. The molecule has 0 fully saturated rings. The minimum absolute atomic E-state index is 0.640. The Balaban J connectivity index is 1.87. The third-order valence-corrected chi connectivity index (χ3v) is 6.52.